The van der Waals surface area contributed by atoms with Crippen molar-refractivity contribution in [3.63, 3.8) is 0 Å². The normalized spacial score (nSPS) is 30.2. The Balaban J connectivity index is 1.71. The predicted molar refractivity (Wildman–Crippen MR) is 79.5 cm³/mol. The molecule has 2 rings (SSSR count). The molecule has 2 saturated heterocycles. The smallest absolute Gasteiger partial charge is 0.0612 e. The van der Waals surface area contributed by atoms with Crippen LogP contribution in [0.2, 0.25) is 0 Å². The first-order valence-electron chi connectivity index (χ1n) is 7.91. The lowest BCUT2D eigenvalue weighted by Gasteiger charge is -2.38. The molecule has 0 radical (unpaired) electrons. The van der Waals surface area contributed by atoms with Crippen LogP contribution in [-0.2, 0) is 4.74 Å². The van der Waals surface area contributed by atoms with E-state index in [9.17, 15) is 0 Å². The van der Waals surface area contributed by atoms with Gasteiger partial charge in [0.15, 0.2) is 0 Å². The lowest BCUT2D eigenvalue weighted by Crippen LogP contribution is -2.48. The maximum atomic E-state index is 5.87. The summed E-state index contributed by atoms with van der Waals surface area (Å²) in [5.74, 6) is 0.643. The van der Waals surface area contributed by atoms with Crippen molar-refractivity contribution in [3.05, 3.63) is 0 Å². The third-order valence-corrected chi connectivity index (χ3v) is 4.63. The van der Waals surface area contributed by atoms with E-state index in [0.29, 0.717) is 18.1 Å². The van der Waals surface area contributed by atoms with Crippen LogP contribution < -0.4 is 5.32 Å². The van der Waals surface area contributed by atoms with Crippen LogP contribution in [0.3, 0.4) is 0 Å². The number of likely N-dealkylation sites (N-methyl/N-ethyl adjacent to an activating group) is 1. The van der Waals surface area contributed by atoms with Crippen LogP contribution in [0.25, 0.3) is 0 Å². The monoisotopic (exact) mass is 269 g/mol. The third-order valence-electron chi connectivity index (χ3n) is 4.63. The molecule has 0 aliphatic carbocycles. The largest absolute Gasteiger partial charge is 0.378 e. The standard InChI is InChI=1S/C15H31N3O/c1-13(2)15-12-14(4-11-19-15)17(3)9-10-18-7-5-16-6-8-18/h13-16H,4-12H2,1-3H3. The molecule has 2 fully saturated rings. The maximum Gasteiger partial charge on any atom is 0.0612 e. The number of rotatable bonds is 5. The van der Waals surface area contributed by atoms with E-state index in [4.69, 9.17) is 4.74 Å². The van der Waals surface area contributed by atoms with Gasteiger partial charge in [-0.25, -0.2) is 0 Å². The first-order valence-corrected chi connectivity index (χ1v) is 7.91. The molecule has 4 nitrogen and oxygen atoms in total. The van der Waals surface area contributed by atoms with Crippen LogP contribution in [0.1, 0.15) is 26.7 Å². The number of nitrogens with one attached hydrogen (secondary N) is 1. The van der Waals surface area contributed by atoms with Gasteiger partial charge in [0.2, 0.25) is 0 Å². The number of piperazine rings is 1. The van der Waals surface area contributed by atoms with Crippen molar-refractivity contribution in [1.82, 2.24) is 15.1 Å². The second-order valence-electron chi connectivity index (χ2n) is 6.40. The molecule has 19 heavy (non-hydrogen) atoms. The highest BCUT2D eigenvalue weighted by Crippen LogP contribution is 2.23. The molecule has 1 N–H and O–H groups in total. The van der Waals surface area contributed by atoms with E-state index in [0.717, 1.165) is 19.7 Å². The topological polar surface area (TPSA) is 27.7 Å². The molecular formula is C15H31N3O. The van der Waals surface area contributed by atoms with Gasteiger partial charge in [0.05, 0.1) is 6.10 Å². The van der Waals surface area contributed by atoms with E-state index >= 15 is 0 Å². The average Bonchev–Trinajstić information content (AvgIpc) is 2.46. The van der Waals surface area contributed by atoms with Gasteiger partial charge >= 0.3 is 0 Å². The zero-order valence-corrected chi connectivity index (χ0v) is 12.9. The molecule has 112 valence electrons. The minimum atomic E-state index is 0.459. The summed E-state index contributed by atoms with van der Waals surface area (Å²) in [7, 11) is 2.29. The molecule has 0 aromatic carbocycles. The zero-order valence-electron chi connectivity index (χ0n) is 12.9. The van der Waals surface area contributed by atoms with Crippen molar-refractivity contribution >= 4 is 0 Å². The number of hydrogen-bond acceptors (Lipinski definition) is 4. The molecule has 4 heteroatoms. The first-order chi connectivity index (χ1) is 9.16. The zero-order chi connectivity index (χ0) is 13.7. The van der Waals surface area contributed by atoms with E-state index < -0.39 is 0 Å². The van der Waals surface area contributed by atoms with Crippen molar-refractivity contribution in [3.8, 4) is 0 Å². The van der Waals surface area contributed by atoms with Crippen LogP contribution in [0.15, 0.2) is 0 Å². The van der Waals surface area contributed by atoms with Crippen LogP contribution in [0.5, 0.6) is 0 Å². The van der Waals surface area contributed by atoms with E-state index in [1.807, 2.05) is 0 Å². The van der Waals surface area contributed by atoms with Gasteiger partial charge in [-0.2, -0.15) is 0 Å². The first kappa shape index (κ1) is 15.2. The number of hydrogen-bond donors (Lipinski definition) is 1. The van der Waals surface area contributed by atoms with E-state index in [2.05, 4.69) is 36.0 Å². The molecule has 0 saturated carbocycles. The van der Waals surface area contributed by atoms with Gasteiger partial charge in [0, 0.05) is 51.9 Å². The molecule has 0 spiro atoms. The molecule has 2 aliphatic rings. The van der Waals surface area contributed by atoms with Crippen molar-refractivity contribution in [2.24, 2.45) is 5.92 Å². The number of ether oxygens (including phenoxy) is 1. The fourth-order valence-corrected chi connectivity index (χ4v) is 3.09. The predicted octanol–water partition coefficient (Wildman–Crippen LogP) is 1.03. The van der Waals surface area contributed by atoms with Gasteiger partial charge in [-0.1, -0.05) is 13.8 Å². The van der Waals surface area contributed by atoms with Crippen molar-refractivity contribution < 1.29 is 4.74 Å². The summed E-state index contributed by atoms with van der Waals surface area (Å²) in [6, 6.07) is 0.712. The molecule has 2 unspecified atom stereocenters. The summed E-state index contributed by atoms with van der Waals surface area (Å²) in [4.78, 5) is 5.13. The minimum Gasteiger partial charge on any atom is -0.378 e. The lowest BCUT2D eigenvalue weighted by molar-refractivity contribution is -0.0450. The van der Waals surface area contributed by atoms with E-state index in [1.54, 1.807) is 0 Å². The van der Waals surface area contributed by atoms with Crippen molar-refractivity contribution in [1.29, 1.82) is 0 Å². The molecule has 0 aromatic rings. The van der Waals surface area contributed by atoms with Crippen LogP contribution in [0, 0.1) is 5.92 Å². The summed E-state index contributed by atoms with van der Waals surface area (Å²) in [6.07, 6.45) is 2.86. The Bertz CT molecular complexity index is 254. The molecule has 0 bridgehead atoms. The van der Waals surface area contributed by atoms with Crippen LogP contribution in [-0.4, -0.2) is 74.9 Å². The fraction of sp³-hybridized carbons (Fsp3) is 1.00. The lowest BCUT2D eigenvalue weighted by atomic mass is 9.94. The second-order valence-corrected chi connectivity index (χ2v) is 6.40. The van der Waals surface area contributed by atoms with Gasteiger partial charge in [-0.3, -0.25) is 4.90 Å². The van der Waals surface area contributed by atoms with E-state index in [-0.39, 0.29) is 0 Å². The highest BCUT2D eigenvalue weighted by molar-refractivity contribution is 4.80. The van der Waals surface area contributed by atoms with Gasteiger partial charge in [-0.05, 0) is 25.8 Å². The SMILES string of the molecule is CC(C)C1CC(N(C)CCN2CCNCC2)CCO1. The average molecular weight is 269 g/mol. The summed E-state index contributed by atoms with van der Waals surface area (Å²) in [6.45, 7) is 12.6. The Hall–Kier alpha value is -0.160. The fourth-order valence-electron chi connectivity index (χ4n) is 3.09. The summed E-state index contributed by atoms with van der Waals surface area (Å²) in [5, 5.41) is 3.41. The molecule has 0 amide bonds. The Morgan fingerprint density at radius 3 is 2.74 bits per heavy atom. The Kier molecular flexibility index (Phi) is 6.07. The van der Waals surface area contributed by atoms with Gasteiger partial charge in [0.1, 0.15) is 0 Å². The second kappa shape index (κ2) is 7.58. The molecule has 2 heterocycles. The van der Waals surface area contributed by atoms with Crippen LogP contribution >= 0.6 is 0 Å². The van der Waals surface area contributed by atoms with Crippen molar-refractivity contribution in [2.75, 3.05) is 52.9 Å². The van der Waals surface area contributed by atoms with Gasteiger partial charge < -0.3 is 15.0 Å². The summed E-state index contributed by atoms with van der Waals surface area (Å²) in [5.41, 5.74) is 0. The summed E-state index contributed by atoms with van der Waals surface area (Å²) < 4.78 is 5.87. The molecule has 2 atom stereocenters. The van der Waals surface area contributed by atoms with Crippen LogP contribution in [0.4, 0.5) is 0 Å². The summed E-state index contributed by atoms with van der Waals surface area (Å²) >= 11 is 0. The van der Waals surface area contributed by atoms with Crippen molar-refractivity contribution in [2.45, 2.75) is 38.8 Å². The Labute approximate surface area is 118 Å². The quantitative estimate of drug-likeness (QED) is 0.807. The maximum absolute atomic E-state index is 5.87. The third kappa shape index (κ3) is 4.71. The Morgan fingerprint density at radius 1 is 1.32 bits per heavy atom. The molecule has 0 aromatic heterocycles. The molecular weight excluding hydrogens is 238 g/mol. The Morgan fingerprint density at radius 2 is 2.05 bits per heavy atom. The van der Waals surface area contributed by atoms with Gasteiger partial charge in [-0.15, -0.1) is 0 Å². The number of nitrogens with zero attached hydrogens (tertiary/aromatic N) is 2. The highest BCUT2D eigenvalue weighted by Gasteiger charge is 2.27. The van der Waals surface area contributed by atoms with Gasteiger partial charge in [0.25, 0.3) is 0 Å². The highest BCUT2D eigenvalue weighted by atomic mass is 16.5. The van der Waals surface area contributed by atoms with E-state index in [1.165, 1.54) is 39.0 Å². The molecule has 2 aliphatic heterocycles. The minimum absolute atomic E-state index is 0.459.